The molecule has 2 unspecified atom stereocenters. The third-order valence-electron chi connectivity index (χ3n) is 5.20. The second kappa shape index (κ2) is 6.27. The molecule has 4 heteroatoms. The number of aromatic nitrogens is 1. The number of rotatable bonds is 3. The van der Waals surface area contributed by atoms with Crippen LogP contribution in [0.5, 0.6) is 0 Å². The Labute approximate surface area is 131 Å². The molecule has 114 valence electrons. The van der Waals surface area contributed by atoms with Crippen molar-refractivity contribution in [3.8, 4) is 0 Å². The average molecular weight is 304 g/mol. The van der Waals surface area contributed by atoms with E-state index < -0.39 is 0 Å². The molecule has 0 saturated carbocycles. The van der Waals surface area contributed by atoms with E-state index in [0.717, 1.165) is 24.5 Å². The van der Waals surface area contributed by atoms with Crippen LogP contribution in [0.3, 0.4) is 0 Å². The Balaban J connectivity index is 1.35. The summed E-state index contributed by atoms with van der Waals surface area (Å²) in [6.45, 7) is 4.49. The van der Waals surface area contributed by atoms with Gasteiger partial charge in [0.15, 0.2) is 0 Å². The van der Waals surface area contributed by atoms with Gasteiger partial charge in [-0.3, -0.25) is 9.88 Å². The van der Waals surface area contributed by atoms with Gasteiger partial charge in [0.1, 0.15) is 0 Å². The van der Waals surface area contributed by atoms with Crippen molar-refractivity contribution >= 4 is 11.8 Å². The van der Waals surface area contributed by atoms with E-state index in [9.17, 15) is 0 Å². The van der Waals surface area contributed by atoms with Crippen molar-refractivity contribution in [1.29, 1.82) is 0 Å². The Morgan fingerprint density at radius 1 is 1.19 bits per heavy atom. The van der Waals surface area contributed by atoms with E-state index in [-0.39, 0.29) is 0 Å². The van der Waals surface area contributed by atoms with E-state index in [1.165, 1.54) is 50.8 Å². The van der Waals surface area contributed by atoms with Gasteiger partial charge in [0.2, 0.25) is 0 Å². The van der Waals surface area contributed by atoms with Crippen molar-refractivity contribution in [3.05, 3.63) is 29.6 Å². The first-order valence-electron chi connectivity index (χ1n) is 8.30. The zero-order valence-corrected chi connectivity index (χ0v) is 13.4. The Kier molecular flexibility index (Phi) is 4.19. The molecule has 0 bridgehead atoms. The summed E-state index contributed by atoms with van der Waals surface area (Å²) in [7, 11) is 0. The van der Waals surface area contributed by atoms with Crippen LogP contribution in [0.2, 0.25) is 0 Å². The number of likely N-dealkylation sites (tertiary alicyclic amines) is 1. The van der Waals surface area contributed by atoms with Crippen LogP contribution >= 0.6 is 11.8 Å². The Morgan fingerprint density at radius 2 is 2.10 bits per heavy atom. The standard InChI is InChI=1S/C17H24N2OS/c1-2-17(16-3-7-18-11-13(1)16)21-15-4-8-19(12-15)14-5-9-20-10-6-14/h3,7,11,14-15,17H,1-2,4-6,8-10,12H2. The summed E-state index contributed by atoms with van der Waals surface area (Å²) in [5.41, 5.74) is 3.04. The summed E-state index contributed by atoms with van der Waals surface area (Å²) < 4.78 is 5.49. The van der Waals surface area contributed by atoms with Gasteiger partial charge in [0.05, 0.1) is 0 Å². The molecule has 3 heterocycles. The van der Waals surface area contributed by atoms with Gasteiger partial charge in [-0.05, 0) is 55.8 Å². The molecule has 1 aromatic heterocycles. The predicted octanol–water partition coefficient (Wildman–Crippen LogP) is 3.06. The maximum absolute atomic E-state index is 5.49. The van der Waals surface area contributed by atoms with Gasteiger partial charge in [-0.2, -0.15) is 0 Å². The molecule has 3 nitrogen and oxygen atoms in total. The van der Waals surface area contributed by atoms with Gasteiger partial charge in [-0.15, -0.1) is 11.8 Å². The van der Waals surface area contributed by atoms with Crippen LogP contribution in [0, 0.1) is 0 Å². The van der Waals surface area contributed by atoms with E-state index in [1.54, 1.807) is 5.56 Å². The molecule has 0 N–H and O–H groups in total. The number of thioether (sulfide) groups is 1. The maximum Gasteiger partial charge on any atom is 0.0480 e. The summed E-state index contributed by atoms with van der Waals surface area (Å²) in [5, 5.41) is 1.53. The number of ether oxygens (including phenoxy) is 1. The van der Waals surface area contributed by atoms with Crippen LogP contribution in [0.1, 0.15) is 42.1 Å². The third-order valence-corrected chi connectivity index (χ3v) is 6.79. The van der Waals surface area contributed by atoms with Crippen molar-refractivity contribution in [2.75, 3.05) is 26.3 Å². The second-order valence-corrected chi connectivity index (χ2v) is 7.99. The smallest absolute Gasteiger partial charge is 0.0480 e. The number of pyridine rings is 1. The predicted molar refractivity (Wildman–Crippen MR) is 86.7 cm³/mol. The summed E-state index contributed by atoms with van der Waals surface area (Å²) in [6, 6.07) is 3.02. The Bertz CT molecular complexity index is 489. The van der Waals surface area contributed by atoms with Crippen molar-refractivity contribution < 1.29 is 4.74 Å². The monoisotopic (exact) mass is 304 g/mol. The van der Waals surface area contributed by atoms with Gasteiger partial charge in [0.25, 0.3) is 0 Å². The molecule has 0 aromatic carbocycles. The van der Waals surface area contributed by atoms with E-state index in [2.05, 4.69) is 33.9 Å². The maximum atomic E-state index is 5.49. The molecule has 0 amide bonds. The highest BCUT2D eigenvalue weighted by molar-refractivity contribution is 8.00. The fourth-order valence-electron chi connectivity index (χ4n) is 4.02. The minimum Gasteiger partial charge on any atom is -0.381 e. The summed E-state index contributed by atoms with van der Waals surface area (Å²) in [5.74, 6) is 0. The number of aryl methyl sites for hydroxylation is 1. The molecule has 0 radical (unpaired) electrons. The molecule has 4 rings (SSSR count). The summed E-state index contributed by atoms with van der Waals surface area (Å²) in [6.07, 6.45) is 10.4. The van der Waals surface area contributed by atoms with Crippen LogP contribution in [-0.4, -0.2) is 47.5 Å². The van der Waals surface area contributed by atoms with E-state index in [1.807, 2.05) is 6.20 Å². The molecule has 2 atom stereocenters. The molecule has 2 fully saturated rings. The molecule has 21 heavy (non-hydrogen) atoms. The van der Waals surface area contributed by atoms with Gasteiger partial charge in [-0.1, -0.05) is 0 Å². The lowest BCUT2D eigenvalue weighted by Crippen LogP contribution is -2.38. The lowest BCUT2D eigenvalue weighted by molar-refractivity contribution is 0.0425. The highest BCUT2D eigenvalue weighted by Crippen LogP contribution is 2.44. The van der Waals surface area contributed by atoms with Crippen molar-refractivity contribution in [1.82, 2.24) is 9.88 Å². The largest absolute Gasteiger partial charge is 0.381 e. The minimum atomic E-state index is 0.711. The molecule has 3 aliphatic rings. The molecular weight excluding hydrogens is 280 g/mol. The van der Waals surface area contributed by atoms with Crippen LogP contribution < -0.4 is 0 Å². The Hall–Kier alpha value is -0.580. The zero-order chi connectivity index (χ0) is 14.1. The molecule has 2 saturated heterocycles. The van der Waals surface area contributed by atoms with Crippen LogP contribution in [0.15, 0.2) is 18.5 Å². The quantitative estimate of drug-likeness (QED) is 0.857. The van der Waals surface area contributed by atoms with Crippen molar-refractivity contribution in [3.63, 3.8) is 0 Å². The highest BCUT2D eigenvalue weighted by atomic mass is 32.2. The van der Waals surface area contributed by atoms with Crippen molar-refractivity contribution in [2.24, 2.45) is 0 Å². The first kappa shape index (κ1) is 14.0. The van der Waals surface area contributed by atoms with Crippen molar-refractivity contribution in [2.45, 2.75) is 48.6 Å². The molecular formula is C17H24N2OS. The summed E-state index contributed by atoms with van der Waals surface area (Å²) in [4.78, 5) is 6.99. The number of nitrogens with zero attached hydrogens (tertiary/aromatic N) is 2. The molecule has 1 aromatic rings. The Morgan fingerprint density at radius 3 is 3.00 bits per heavy atom. The first-order chi connectivity index (χ1) is 10.4. The van der Waals surface area contributed by atoms with E-state index in [0.29, 0.717) is 5.25 Å². The van der Waals surface area contributed by atoms with Crippen LogP contribution in [0.25, 0.3) is 0 Å². The topological polar surface area (TPSA) is 25.4 Å². The van der Waals surface area contributed by atoms with Gasteiger partial charge in [-0.25, -0.2) is 0 Å². The minimum absolute atomic E-state index is 0.711. The highest BCUT2D eigenvalue weighted by Gasteiger charge is 2.33. The van der Waals surface area contributed by atoms with Gasteiger partial charge in [0, 0.05) is 48.7 Å². The second-order valence-electron chi connectivity index (χ2n) is 6.49. The molecule has 2 aliphatic heterocycles. The zero-order valence-electron chi connectivity index (χ0n) is 12.5. The fourth-order valence-corrected chi connectivity index (χ4v) is 5.64. The SMILES string of the molecule is c1cc2c(cn1)CCC2SC1CCN(C2CCOCC2)C1. The summed E-state index contributed by atoms with van der Waals surface area (Å²) >= 11 is 2.22. The number of hydrogen-bond donors (Lipinski definition) is 0. The van der Waals surface area contributed by atoms with Gasteiger partial charge < -0.3 is 4.74 Å². The number of hydrogen-bond acceptors (Lipinski definition) is 4. The normalized spacial score (nSPS) is 30.7. The molecule has 0 spiro atoms. The van der Waals surface area contributed by atoms with Crippen LogP contribution in [0.4, 0.5) is 0 Å². The first-order valence-corrected chi connectivity index (χ1v) is 9.24. The van der Waals surface area contributed by atoms with E-state index >= 15 is 0 Å². The third kappa shape index (κ3) is 2.99. The van der Waals surface area contributed by atoms with E-state index in [4.69, 9.17) is 4.74 Å². The number of fused-ring (bicyclic) bond motifs is 1. The lowest BCUT2D eigenvalue weighted by atomic mass is 10.1. The average Bonchev–Trinajstić information content (AvgIpc) is 3.17. The fraction of sp³-hybridized carbons (Fsp3) is 0.706. The molecule has 1 aliphatic carbocycles. The van der Waals surface area contributed by atoms with Crippen LogP contribution in [-0.2, 0) is 11.2 Å². The lowest BCUT2D eigenvalue weighted by Gasteiger charge is -2.31. The van der Waals surface area contributed by atoms with Gasteiger partial charge >= 0.3 is 0 Å².